The molecule has 0 unspecified atom stereocenters. The third kappa shape index (κ3) is 4.56. The minimum Gasteiger partial charge on any atom is -0.497 e. The third-order valence-corrected chi connectivity index (χ3v) is 4.87. The number of methoxy groups -OCH3 is 1. The van der Waals surface area contributed by atoms with Crippen molar-refractivity contribution in [3.05, 3.63) is 51.8 Å². The van der Waals surface area contributed by atoms with Crippen molar-refractivity contribution >= 4 is 22.4 Å². The molecule has 0 aliphatic heterocycles. The number of hydrogen-bond donors (Lipinski definition) is 1. The molecular formula is C18H19N5O3S. The van der Waals surface area contributed by atoms with E-state index < -0.39 is 0 Å². The van der Waals surface area contributed by atoms with Gasteiger partial charge in [-0.25, -0.2) is 4.68 Å². The van der Waals surface area contributed by atoms with E-state index in [4.69, 9.17) is 4.74 Å². The van der Waals surface area contributed by atoms with Crippen LogP contribution in [0.2, 0.25) is 0 Å². The molecule has 0 radical (unpaired) electrons. The van der Waals surface area contributed by atoms with Crippen LogP contribution in [0.25, 0.3) is 11.3 Å². The van der Waals surface area contributed by atoms with Crippen molar-refractivity contribution in [1.82, 2.24) is 20.0 Å². The normalized spacial score (nSPS) is 10.8. The minimum absolute atomic E-state index is 0.209. The first-order valence-electron chi connectivity index (χ1n) is 8.32. The molecule has 0 saturated carbocycles. The average molecular weight is 385 g/mol. The summed E-state index contributed by atoms with van der Waals surface area (Å²) in [5.41, 5.74) is 1.04. The van der Waals surface area contributed by atoms with E-state index in [2.05, 4.69) is 20.6 Å². The van der Waals surface area contributed by atoms with Crippen LogP contribution in [0.1, 0.15) is 24.8 Å². The number of carbonyl (C=O) groups is 1. The van der Waals surface area contributed by atoms with Gasteiger partial charge in [-0.1, -0.05) is 25.2 Å². The Morgan fingerprint density at radius 1 is 1.19 bits per heavy atom. The lowest BCUT2D eigenvalue weighted by atomic mass is 10.1. The molecule has 8 nitrogen and oxygen atoms in total. The van der Waals surface area contributed by atoms with Gasteiger partial charge in [-0.2, -0.15) is 5.10 Å². The summed E-state index contributed by atoms with van der Waals surface area (Å²) in [5.74, 6) is 0.575. The molecule has 0 atom stereocenters. The van der Waals surface area contributed by atoms with Crippen LogP contribution in [-0.4, -0.2) is 33.0 Å². The van der Waals surface area contributed by atoms with Crippen LogP contribution in [0.3, 0.4) is 0 Å². The molecule has 0 aliphatic rings. The molecule has 1 N–H and O–H groups in total. The maximum atomic E-state index is 12.3. The van der Waals surface area contributed by atoms with Crippen LogP contribution in [0.4, 0.5) is 5.13 Å². The van der Waals surface area contributed by atoms with Gasteiger partial charge in [-0.15, -0.1) is 10.2 Å². The number of aromatic nitrogens is 4. The molecule has 0 fully saturated rings. The lowest BCUT2D eigenvalue weighted by Gasteiger charge is -2.07. The van der Waals surface area contributed by atoms with Gasteiger partial charge in [0, 0.05) is 17.5 Å². The lowest BCUT2D eigenvalue weighted by Crippen LogP contribution is -2.29. The SMILES string of the molecule is COc1ccc(-c2ccc(=O)n(CC(=O)Nc3nnc(C(C)C)s3)n2)cc1. The Labute approximate surface area is 159 Å². The van der Waals surface area contributed by atoms with Crippen LogP contribution in [-0.2, 0) is 11.3 Å². The summed E-state index contributed by atoms with van der Waals surface area (Å²) < 4.78 is 6.26. The number of hydrogen-bond acceptors (Lipinski definition) is 7. The summed E-state index contributed by atoms with van der Waals surface area (Å²) in [6.45, 7) is 3.79. The van der Waals surface area contributed by atoms with E-state index >= 15 is 0 Å². The average Bonchev–Trinajstić information content (AvgIpc) is 3.12. The second-order valence-electron chi connectivity index (χ2n) is 6.09. The van der Waals surface area contributed by atoms with Crippen molar-refractivity contribution in [3.63, 3.8) is 0 Å². The van der Waals surface area contributed by atoms with Gasteiger partial charge >= 0.3 is 0 Å². The van der Waals surface area contributed by atoms with Gasteiger partial charge in [0.2, 0.25) is 11.0 Å². The van der Waals surface area contributed by atoms with E-state index in [1.54, 1.807) is 25.3 Å². The smallest absolute Gasteiger partial charge is 0.267 e. The van der Waals surface area contributed by atoms with Crippen LogP contribution >= 0.6 is 11.3 Å². The Kier molecular flexibility index (Phi) is 5.60. The van der Waals surface area contributed by atoms with Crippen LogP contribution in [0, 0.1) is 0 Å². The van der Waals surface area contributed by atoms with Crippen molar-refractivity contribution in [3.8, 4) is 17.0 Å². The number of benzene rings is 1. The molecule has 2 heterocycles. The number of nitrogens with zero attached hydrogens (tertiary/aromatic N) is 4. The zero-order valence-corrected chi connectivity index (χ0v) is 16.0. The van der Waals surface area contributed by atoms with Gasteiger partial charge in [-0.05, 0) is 30.3 Å². The summed E-state index contributed by atoms with van der Waals surface area (Å²) in [6, 6.07) is 10.3. The predicted molar refractivity (Wildman–Crippen MR) is 103 cm³/mol. The summed E-state index contributed by atoms with van der Waals surface area (Å²) in [6.07, 6.45) is 0. The molecule has 3 rings (SSSR count). The zero-order chi connectivity index (χ0) is 19.4. The largest absolute Gasteiger partial charge is 0.497 e. The number of amides is 1. The molecule has 0 bridgehead atoms. The molecule has 9 heteroatoms. The fourth-order valence-corrected chi connectivity index (χ4v) is 3.05. The van der Waals surface area contributed by atoms with Crippen LogP contribution in [0.5, 0.6) is 5.75 Å². The van der Waals surface area contributed by atoms with Gasteiger partial charge in [0.05, 0.1) is 12.8 Å². The summed E-state index contributed by atoms with van der Waals surface area (Å²) in [5, 5.41) is 16.1. The van der Waals surface area contributed by atoms with Crippen molar-refractivity contribution in [2.75, 3.05) is 12.4 Å². The standard InChI is InChI=1S/C18H19N5O3S/c1-11(2)17-20-21-18(27-17)19-15(24)10-23-16(25)9-8-14(22-23)12-4-6-13(26-3)7-5-12/h4-9,11H,10H2,1-3H3,(H,19,21,24). The Morgan fingerprint density at radius 2 is 1.93 bits per heavy atom. The molecule has 0 spiro atoms. The Hall–Kier alpha value is -3.07. The lowest BCUT2D eigenvalue weighted by molar-refractivity contribution is -0.117. The highest BCUT2D eigenvalue weighted by Crippen LogP contribution is 2.22. The highest BCUT2D eigenvalue weighted by atomic mass is 32.1. The van der Waals surface area contributed by atoms with E-state index in [-0.39, 0.29) is 23.9 Å². The van der Waals surface area contributed by atoms with Crippen molar-refractivity contribution in [2.45, 2.75) is 26.3 Å². The second-order valence-corrected chi connectivity index (χ2v) is 7.10. The first-order chi connectivity index (χ1) is 13.0. The molecular weight excluding hydrogens is 366 g/mol. The predicted octanol–water partition coefficient (Wildman–Crippen LogP) is 2.53. The van der Waals surface area contributed by atoms with Gasteiger partial charge in [0.15, 0.2) is 0 Å². The van der Waals surface area contributed by atoms with E-state index in [1.165, 1.54) is 17.4 Å². The number of anilines is 1. The van der Waals surface area contributed by atoms with Gasteiger partial charge in [-0.3, -0.25) is 14.9 Å². The first-order valence-corrected chi connectivity index (χ1v) is 9.14. The molecule has 0 aliphatic carbocycles. The summed E-state index contributed by atoms with van der Waals surface area (Å²) in [7, 11) is 1.59. The molecule has 27 heavy (non-hydrogen) atoms. The summed E-state index contributed by atoms with van der Waals surface area (Å²) >= 11 is 1.31. The van der Waals surface area contributed by atoms with Gasteiger partial charge in [0.1, 0.15) is 17.3 Å². The quantitative estimate of drug-likeness (QED) is 0.700. The van der Waals surface area contributed by atoms with Crippen molar-refractivity contribution < 1.29 is 9.53 Å². The number of carbonyl (C=O) groups excluding carboxylic acids is 1. The Bertz CT molecular complexity index is 995. The first kappa shape index (κ1) is 18.7. The van der Waals surface area contributed by atoms with Gasteiger partial charge in [0.25, 0.3) is 5.56 Å². The van der Waals surface area contributed by atoms with E-state index in [1.807, 2.05) is 26.0 Å². The van der Waals surface area contributed by atoms with Crippen LogP contribution in [0.15, 0.2) is 41.2 Å². The fraction of sp³-hybridized carbons (Fsp3) is 0.278. The van der Waals surface area contributed by atoms with Crippen molar-refractivity contribution in [2.24, 2.45) is 0 Å². The zero-order valence-electron chi connectivity index (χ0n) is 15.2. The molecule has 2 aromatic heterocycles. The topological polar surface area (TPSA) is 99.0 Å². The Morgan fingerprint density at radius 3 is 2.56 bits per heavy atom. The van der Waals surface area contributed by atoms with E-state index in [0.717, 1.165) is 21.0 Å². The maximum Gasteiger partial charge on any atom is 0.267 e. The third-order valence-electron chi connectivity index (χ3n) is 3.73. The number of ether oxygens (including phenoxy) is 1. The monoisotopic (exact) mass is 385 g/mol. The second kappa shape index (κ2) is 8.09. The number of rotatable bonds is 6. The van der Waals surface area contributed by atoms with Gasteiger partial charge < -0.3 is 4.74 Å². The molecule has 1 aromatic carbocycles. The van der Waals surface area contributed by atoms with Crippen molar-refractivity contribution in [1.29, 1.82) is 0 Å². The molecule has 140 valence electrons. The van der Waals surface area contributed by atoms with Crippen LogP contribution < -0.4 is 15.6 Å². The highest BCUT2D eigenvalue weighted by Gasteiger charge is 2.12. The maximum absolute atomic E-state index is 12.3. The summed E-state index contributed by atoms with van der Waals surface area (Å²) in [4.78, 5) is 24.3. The van der Waals surface area contributed by atoms with E-state index in [0.29, 0.717) is 10.8 Å². The van der Waals surface area contributed by atoms with E-state index in [9.17, 15) is 9.59 Å². The highest BCUT2D eigenvalue weighted by molar-refractivity contribution is 7.15. The molecule has 0 saturated heterocycles. The minimum atomic E-state index is -0.386. The number of nitrogens with one attached hydrogen (secondary N) is 1. The molecule has 1 amide bonds. The molecule has 3 aromatic rings. The Balaban J connectivity index is 1.75. The fourth-order valence-electron chi connectivity index (χ4n) is 2.29.